The Labute approximate surface area is 225 Å². The molecule has 0 fully saturated rings. The summed E-state index contributed by atoms with van der Waals surface area (Å²) in [6, 6.07) is 42.0. The molecule has 0 spiro atoms. The average Bonchev–Trinajstić information content (AvgIpc) is 3.57. The van der Waals surface area contributed by atoms with Crippen LogP contribution in [0.5, 0.6) is 0 Å². The predicted octanol–water partition coefficient (Wildman–Crippen LogP) is 10.1. The first-order chi connectivity index (χ1) is 19.1. The minimum absolute atomic E-state index is 0.0904. The summed E-state index contributed by atoms with van der Waals surface area (Å²) in [5, 5.41) is 7.49. The summed E-state index contributed by atoms with van der Waals surface area (Å²) in [6.45, 7) is 4.73. The van der Waals surface area contributed by atoms with Gasteiger partial charge in [0, 0.05) is 38.7 Å². The lowest BCUT2D eigenvalue weighted by Gasteiger charge is -2.22. The molecule has 0 aliphatic heterocycles. The van der Waals surface area contributed by atoms with E-state index in [4.69, 9.17) is 4.42 Å². The molecule has 1 aliphatic rings. The first kappa shape index (κ1) is 21.2. The Balaban J connectivity index is 1.38. The SMILES string of the molecule is CC1(C)c2cc3c(cc2-c2c1ccc1ccccc21)c1ccccc1n3-c1ccc2c(c1)oc1ccccc12. The molecule has 0 bridgehead atoms. The van der Waals surface area contributed by atoms with Gasteiger partial charge < -0.3 is 8.98 Å². The van der Waals surface area contributed by atoms with Crippen LogP contribution in [0.2, 0.25) is 0 Å². The normalized spacial score (nSPS) is 14.1. The predicted molar refractivity (Wildman–Crippen MR) is 163 cm³/mol. The second-order valence-corrected chi connectivity index (χ2v) is 11.4. The van der Waals surface area contributed by atoms with Gasteiger partial charge in [-0.15, -0.1) is 0 Å². The Morgan fingerprint density at radius 1 is 0.538 bits per heavy atom. The van der Waals surface area contributed by atoms with E-state index in [1.54, 1.807) is 0 Å². The Hall–Kier alpha value is -4.82. The van der Waals surface area contributed by atoms with E-state index in [9.17, 15) is 0 Å². The molecule has 9 rings (SSSR count). The van der Waals surface area contributed by atoms with Gasteiger partial charge in [0.1, 0.15) is 11.2 Å². The van der Waals surface area contributed by atoms with E-state index in [2.05, 4.69) is 122 Å². The average molecular weight is 500 g/mol. The van der Waals surface area contributed by atoms with E-state index in [-0.39, 0.29) is 5.41 Å². The number of aromatic nitrogens is 1. The molecule has 1 aliphatic carbocycles. The van der Waals surface area contributed by atoms with Gasteiger partial charge in [0.15, 0.2) is 0 Å². The Bertz CT molecular complexity index is 2310. The molecule has 184 valence electrons. The third-order valence-electron chi connectivity index (χ3n) is 8.98. The van der Waals surface area contributed by atoms with Gasteiger partial charge in [-0.3, -0.25) is 0 Å². The lowest BCUT2D eigenvalue weighted by Crippen LogP contribution is -2.15. The summed E-state index contributed by atoms with van der Waals surface area (Å²) in [5.41, 5.74) is 10.8. The molecule has 2 aromatic heterocycles. The van der Waals surface area contributed by atoms with Crippen molar-refractivity contribution in [1.82, 2.24) is 4.57 Å². The smallest absolute Gasteiger partial charge is 0.137 e. The van der Waals surface area contributed by atoms with Crippen LogP contribution < -0.4 is 0 Å². The number of para-hydroxylation sites is 2. The van der Waals surface area contributed by atoms with Crippen molar-refractivity contribution in [3.05, 3.63) is 126 Å². The van der Waals surface area contributed by atoms with E-state index in [0.717, 1.165) is 27.6 Å². The standard InChI is InChI=1S/C37H25NO/c1-37(2)30-18-15-22-9-3-4-10-24(22)36(30)29-20-28-25-11-5-7-13-32(25)38(33(28)21-31(29)37)23-16-17-27-26-12-6-8-14-34(26)39-35(27)19-23/h3-21H,1-2H3. The minimum atomic E-state index is -0.0904. The van der Waals surface area contributed by atoms with E-state index in [1.165, 1.54) is 54.8 Å². The fourth-order valence-electron chi connectivity index (χ4n) is 7.10. The molecule has 0 radical (unpaired) electrons. The van der Waals surface area contributed by atoms with Crippen molar-refractivity contribution in [3.63, 3.8) is 0 Å². The van der Waals surface area contributed by atoms with Crippen LogP contribution in [-0.4, -0.2) is 4.57 Å². The molecule has 0 saturated heterocycles. The van der Waals surface area contributed by atoms with E-state index in [0.29, 0.717) is 0 Å². The summed E-state index contributed by atoms with van der Waals surface area (Å²) >= 11 is 0. The van der Waals surface area contributed by atoms with Crippen LogP contribution in [0.15, 0.2) is 120 Å². The number of hydrogen-bond donors (Lipinski definition) is 0. The van der Waals surface area contributed by atoms with Gasteiger partial charge in [-0.05, 0) is 69.4 Å². The maximum atomic E-state index is 6.29. The zero-order valence-electron chi connectivity index (χ0n) is 21.8. The molecule has 0 unspecified atom stereocenters. The highest BCUT2D eigenvalue weighted by molar-refractivity contribution is 6.14. The Morgan fingerprint density at radius 2 is 1.28 bits per heavy atom. The highest BCUT2D eigenvalue weighted by Crippen LogP contribution is 2.53. The van der Waals surface area contributed by atoms with Gasteiger partial charge >= 0.3 is 0 Å². The van der Waals surface area contributed by atoms with Crippen molar-refractivity contribution in [1.29, 1.82) is 0 Å². The third kappa shape index (κ3) is 2.66. The van der Waals surface area contributed by atoms with E-state index in [1.807, 2.05) is 12.1 Å². The van der Waals surface area contributed by atoms with E-state index >= 15 is 0 Å². The summed E-state index contributed by atoms with van der Waals surface area (Å²) in [4.78, 5) is 0. The molecule has 0 N–H and O–H groups in total. The van der Waals surface area contributed by atoms with Gasteiger partial charge in [0.25, 0.3) is 0 Å². The molecule has 0 amide bonds. The van der Waals surface area contributed by atoms with Gasteiger partial charge in [0.2, 0.25) is 0 Å². The van der Waals surface area contributed by atoms with Gasteiger partial charge in [-0.25, -0.2) is 0 Å². The third-order valence-corrected chi connectivity index (χ3v) is 8.98. The summed E-state index contributed by atoms with van der Waals surface area (Å²) in [6.07, 6.45) is 0. The number of hydrogen-bond acceptors (Lipinski definition) is 1. The van der Waals surface area contributed by atoms with Gasteiger partial charge in [0.05, 0.1) is 11.0 Å². The summed E-state index contributed by atoms with van der Waals surface area (Å²) in [5.74, 6) is 0. The van der Waals surface area contributed by atoms with Gasteiger partial charge in [-0.1, -0.05) is 86.6 Å². The molecule has 8 aromatic rings. The van der Waals surface area contributed by atoms with Crippen molar-refractivity contribution in [2.75, 3.05) is 0 Å². The fraction of sp³-hybridized carbons (Fsp3) is 0.0811. The molecule has 6 aromatic carbocycles. The first-order valence-corrected chi connectivity index (χ1v) is 13.6. The molecule has 2 heteroatoms. The van der Waals surface area contributed by atoms with Crippen LogP contribution in [0, 0.1) is 0 Å². The first-order valence-electron chi connectivity index (χ1n) is 13.6. The van der Waals surface area contributed by atoms with Gasteiger partial charge in [-0.2, -0.15) is 0 Å². The molecular formula is C37H25NO. The van der Waals surface area contributed by atoms with Crippen molar-refractivity contribution in [2.24, 2.45) is 0 Å². The second-order valence-electron chi connectivity index (χ2n) is 11.4. The number of benzene rings is 6. The van der Waals surface area contributed by atoms with E-state index < -0.39 is 0 Å². The number of fused-ring (bicyclic) bond motifs is 11. The lowest BCUT2D eigenvalue weighted by molar-refractivity contribution is 0.661. The van der Waals surface area contributed by atoms with Crippen molar-refractivity contribution >= 4 is 54.5 Å². The molecular weight excluding hydrogens is 474 g/mol. The van der Waals surface area contributed by atoms with Crippen LogP contribution >= 0.6 is 0 Å². The van der Waals surface area contributed by atoms with Crippen LogP contribution in [0.4, 0.5) is 0 Å². The Kier molecular flexibility index (Phi) is 3.89. The quantitative estimate of drug-likeness (QED) is 0.220. The topological polar surface area (TPSA) is 18.1 Å². The molecule has 2 heterocycles. The lowest BCUT2D eigenvalue weighted by atomic mass is 9.82. The van der Waals surface area contributed by atoms with Crippen molar-refractivity contribution in [2.45, 2.75) is 19.3 Å². The zero-order valence-corrected chi connectivity index (χ0v) is 21.8. The van der Waals surface area contributed by atoms with Crippen molar-refractivity contribution < 1.29 is 4.42 Å². The minimum Gasteiger partial charge on any atom is -0.456 e. The number of nitrogens with zero attached hydrogens (tertiary/aromatic N) is 1. The maximum Gasteiger partial charge on any atom is 0.137 e. The zero-order chi connectivity index (χ0) is 25.9. The number of furan rings is 1. The van der Waals surface area contributed by atoms with Crippen molar-refractivity contribution in [3.8, 4) is 16.8 Å². The van der Waals surface area contributed by atoms with Crippen LogP contribution in [-0.2, 0) is 5.41 Å². The number of rotatable bonds is 1. The highest BCUT2D eigenvalue weighted by atomic mass is 16.3. The van der Waals surface area contributed by atoms with Crippen LogP contribution in [0.3, 0.4) is 0 Å². The maximum absolute atomic E-state index is 6.29. The second kappa shape index (κ2) is 7.18. The van der Waals surface area contributed by atoms with Crippen LogP contribution in [0.1, 0.15) is 25.0 Å². The Morgan fingerprint density at radius 3 is 2.18 bits per heavy atom. The van der Waals surface area contributed by atoms with Crippen LogP contribution in [0.25, 0.3) is 71.3 Å². The molecule has 0 saturated carbocycles. The largest absolute Gasteiger partial charge is 0.456 e. The summed E-state index contributed by atoms with van der Waals surface area (Å²) < 4.78 is 8.70. The molecule has 0 atom stereocenters. The monoisotopic (exact) mass is 499 g/mol. The fourth-order valence-corrected chi connectivity index (χ4v) is 7.10. The summed E-state index contributed by atoms with van der Waals surface area (Å²) in [7, 11) is 0. The molecule has 2 nitrogen and oxygen atoms in total. The molecule has 39 heavy (non-hydrogen) atoms. The highest BCUT2D eigenvalue weighted by Gasteiger charge is 2.37.